The second-order valence-corrected chi connectivity index (χ2v) is 11.6. The molecule has 39 heavy (non-hydrogen) atoms. The number of ether oxygens (including phenoxy) is 4. The highest BCUT2D eigenvalue weighted by Crippen LogP contribution is 2.51. The predicted octanol–water partition coefficient (Wildman–Crippen LogP) is 5.95. The first-order valence-corrected chi connectivity index (χ1v) is 14.2. The summed E-state index contributed by atoms with van der Waals surface area (Å²) in [7, 11) is 4.63. The molecule has 0 saturated heterocycles. The lowest BCUT2D eigenvalue weighted by Gasteiger charge is -2.35. The van der Waals surface area contributed by atoms with Crippen molar-refractivity contribution in [2.75, 3.05) is 26.2 Å². The quantitative estimate of drug-likeness (QED) is 0.376. The summed E-state index contributed by atoms with van der Waals surface area (Å²) < 4.78 is 24.1. The number of carbonyl (C=O) groups excluding carboxylic acids is 2. The van der Waals surface area contributed by atoms with Crippen LogP contribution in [0.15, 0.2) is 41.7 Å². The van der Waals surface area contributed by atoms with Crippen LogP contribution in [0.1, 0.15) is 62.6 Å². The number of fused-ring (bicyclic) bond motifs is 2. The average molecular weight is 549 g/mol. The van der Waals surface area contributed by atoms with E-state index in [2.05, 4.69) is 26.0 Å². The summed E-state index contributed by atoms with van der Waals surface area (Å²) in [6.45, 7) is 4.29. The van der Waals surface area contributed by atoms with E-state index < -0.39 is 6.04 Å². The SMILES string of the molecule is COc1cc(C2C3=C(OC4CCCCC4C3=O)C(=O)N2c2nc3ccc(C(C)C)cc3s2)cc(OC)c1OC. The Labute approximate surface area is 231 Å². The number of benzene rings is 2. The van der Waals surface area contributed by atoms with Crippen molar-refractivity contribution in [1.82, 2.24) is 4.98 Å². The van der Waals surface area contributed by atoms with Crippen molar-refractivity contribution in [3.63, 3.8) is 0 Å². The molecule has 3 unspecified atom stereocenters. The molecule has 2 aliphatic heterocycles. The molecule has 204 valence electrons. The van der Waals surface area contributed by atoms with Crippen molar-refractivity contribution in [3.8, 4) is 17.2 Å². The van der Waals surface area contributed by atoms with Gasteiger partial charge in [0.25, 0.3) is 5.91 Å². The Morgan fingerprint density at radius 3 is 2.38 bits per heavy atom. The standard InChI is InChI=1S/C30H32N2O6S/c1-15(2)16-10-11-19-23(14-16)39-30(31-19)32-25(17-12-21(35-3)27(37-5)22(13-17)36-4)24-26(33)18-8-6-7-9-20(18)38-28(24)29(32)34/h10-15,18,20,25H,6-9H2,1-5H3. The van der Waals surface area contributed by atoms with Gasteiger partial charge < -0.3 is 18.9 Å². The molecule has 1 amide bonds. The maximum atomic E-state index is 14.1. The molecule has 0 N–H and O–H groups in total. The Morgan fingerprint density at radius 2 is 1.72 bits per heavy atom. The third kappa shape index (κ3) is 4.06. The van der Waals surface area contributed by atoms with Crippen LogP contribution in [0.4, 0.5) is 5.13 Å². The fraction of sp³-hybridized carbons (Fsp3) is 0.433. The van der Waals surface area contributed by atoms with E-state index in [1.54, 1.807) is 38.4 Å². The molecule has 3 atom stereocenters. The molecule has 0 spiro atoms. The molecule has 3 heterocycles. The zero-order valence-corrected chi connectivity index (χ0v) is 23.6. The van der Waals surface area contributed by atoms with Crippen molar-refractivity contribution in [3.05, 3.63) is 52.8 Å². The minimum atomic E-state index is -0.735. The van der Waals surface area contributed by atoms with E-state index >= 15 is 0 Å². The number of amides is 1. The number of anilines is 1. The minimum Gasteiger partial charge on any atom is -0.493 e. The van der Waals surface area contributed by atoms with E-state index in [1.165, 1.54) is 16.9 Å². The molecule has 6 rings (SSSR count). The molecule has 2 aromatic carbocycles. The van der Waals surface area contributed by atoms with Crippen molar-refractivity contribution in [2.24, 2.45) is 5.92 Å². The monoisotopic (exact) mass is 548 g/mol. The molecular weight excluding hydrogens is 516 g/mol. The van der Waals surface area contributed by atoms with Gasteiger partial charge in [0.05, 0.1) is 49.1 Å². The maximum absolute atomic E-state index is 14.1. The number of thiazole rings is 1. The van der Waals surface area contributed by atoms with Crippen molar-refractivity contribution in [1.29, 1.82) is 0 Å². The van der Waals surface area contributed by atoms with Gasteiger partial charge in [0.2, 0.25) is 5.75 Å². The molecule has 3 aromatic rings. The number of Topliss-reactive ketones (excluding diaryl/α,β-unsaturated/α-hetero) is 1. The fourth-order valence-corrected chi connectivity index (χ4v) is 7.05. The summed E-state index contributed by atoms with van der Waals surface area (Å²) in [5.41, 5.74) is 3.06. The topological polar surface area (TPSA) is 87.2 Å². The maximum Gasteiger partial charge on any atom is 0.296 e. The smallest absolute Gasteiger partial charge is 0.296 e. The van der Waals surface area contributed by atoms with Crippen LogP contribution >= 0.6 is 11.3 Å². The summed E-state index contributed by atoms with van der Waals surface area (Å²) in [5, 5.41) is 0.517. The molecule has 9 heteroatoms. The van der Waals surface area contributed by atoms with Crippen molar-refractivity contribution >= 4 is 38.4 Å². The number of methoxy groups -OCH3 is 3. The molecule has 0 radical (unpaired) electrons. The van der Waals surface area contributed by atoms with Gasteiger partial charge in [-0.3, -0.25) is 14.5 Å². The van der Waals surface area contributed by atoms with Crippen LogP contribution in [0.2, 0.25) is 0 Å². The third-order valence-corrected chi connectivity index (χ3v) is 9.06. The van der Waals surface area contributed by atoms with E-state index in [0.717, 1.165) is 35.9 Å². The normalized spacial score (nSPS) is 22.7. The Morgan fingerprint density at radius 1 is 1.00 bits per heavy atom. The van der Waals surface area contributed by atoms with Gasteiger partial charge in [-0.05, 0) is 60.6 Å². The molecule has 1 saturated carbocycles. The highest BCUT2D eigenvalue weighted by Gasteiger charge is 2.53. The van der Waals surface area contributed by atoms with Gasteiger partial charge in [-0.2, -0.15) is 0 Å². The summed E-state index contributed by atoms with van der Waals surface area (Å²) in [5.74, 6) is 1.22. The first-order chi connectivity index (χ1) is 18.9. The Kier molecular flexibility index (Phi) is 6.49. The highest BCUT2D eigenvalue weighted by molar-refractivity contribution is 7.22. The Hall–Kier alpha value is -3.59. The second kappa shape index (κ2) is 9.86. The van der Waals surface area contributed by atoms with Crippen LogP contribution in [-0.4, -0.2) is 44.1 Å². The third-order valence-electron chi connectivity index (χ3n) is 8.04. The molecule has 3 aliphatic rings. The zero-order valence-electron chi connectivity index (χ0n) is 22.8. The van der Waals surface area contributed by atoms with Gasteiger partial charge in [-0.15, -0.1) is 0 Å². The van der Waals surface area contributed by atoms with Crippen LogP contribution in [0.25, 0.3) is 10.2 Å². The van der Waals surface area contributed by atoms with E-state index in [0.29, 0.717) is 39.4 Å². The van der Waals surface area contributed by atoms with E-state index in [1.807, 2.05) is 6.07 Å². The Bertz CT molecular complexity index is 1480. The first kappa shape index (κ1) is 25.7. The van der Waals surface area contributed by atoms with Gasteiger partial charge in [0.1, 0.15) is 6.10 Å². The summed E-state index contributed by atoms with van der Waals surface area (Å²) in [6.07, 6.45) is 3.23. The van der Waals surface area contributed by atoms with Crippen LogP contribution in [0.5, 0.6) is 17.2 Å². The number of nitrogens with zero attached hydrogens (tertiary/aromatic N) is 2. The fourth-order valence-electron chi connectivity index (χ4n) is 6.01. The van der Waals surface area contributed by atoms with Crippen molar-refractivity contribution < 1.29 is 28.5 Å². The number of hydrogen-bond donors (Lipinski definition) is 0. The van der Waals surface area contributed by atoms with Crippen LogP contribution in [0.3, 0.4) is 0 Å². The van der Waals surface area contributed by atoms with Gasteiger partial charge >= 0.3 is 0 Å². The van der Waals surface area contributed by atoms with Gasteiger partial charge in [0.15, 0.2) is 28.2 Å². The van der Waals surface area contributed by atoms with E-state index in [4.69, 9.17) is 23.9 Å². The second-order valence-electron chi connectivity index (χ2n) is 10.6. The number of carbonyl (C=O) groups is 2. The average Bonchev–Trinajstić information content (AvgIpc) is 3.50. The molecule has 1 aliphatic carbocycles. The summed E-state index contributed by atoms with van der Waals surface area (Å²) >= 11 is 1.44. The molecule has 8 nitrogen and oxygen atoms in total. The zero-order chi connectivity index (χ0) is 27.4. The van der Waals surface area contributed by atoms with E-state index in [-0.39, 0.29) is 29.5 Å². The largest absolute Gasteiger partial charge is 0.493 e. The lowest BCUT2D eigenvalue weighted by molar-refractivity contribution is -0.131. The highest BCUT2D eigenvalue weighted by atomic mass is 32.1. The molecule has 1 aromatic heterocycles. The number of rotatable bonds is 6. The summed E-state index contributed by atoms with van der Waals surface area (Å²) in [4.78, 5) is 34.6. The number of ketones is 1. The van der Waals surface area contributed by atoms with Gasteiger partial charge in [-0.25, -0.2) is 4.98 Å². The van der Waals surface area contributed by atoms with Crippen molar-refractivity contribution in [2.45, 2.75) is 57.6 Å². The first-order valence-electron chi connectivity index (χ1n) is 13.3. The summed E-state index contributed by atoms with van der Waals surface area (Å²) in [6, 6.07) is 9.05. The Balaban J connectivity index is 1.54. The number of aromatic nitrogens is 1. The van der Waals surface area contributed by atoms with Gasteiger partial charge in [0, 0.05) is 0 Å². The predicted molar refractivity (Wildman–Crippen MR) is 149 cm³/mol. The number of hydrogen-bond acceptors (Lipinski definition) is 8. The lowest BCUT2D eigenvalue weighted by Crippen LogP contribution is -2.39. The van der Waals surface area contributed by atoms with Crippen LogP contribution < -0.4 is 19.1 Å². The van der Waals surface area contributed by atoms with E-state index in [9.17, 15) is 9.59 Å². The molecule has 1 fully saturated rings. The van der Waals surface area contributed by atoms with Crippen LogP contribution in [0, 0.1) is 5.92 Å². The van der Waals surface area contributed by atoms with Crippen LogP contribution in [-0.2, 0) is 14.3 Å². The van der Waals surface area contributed by atoms with Gasteiger partial charge in [-0.1, -0.05) is 37.7 Å². The molecular formula is C30H32N2O6S. The lowest BCUT2D eigenvalue weighted by atomic mass is 9.77. The minimum absolute atomic E-state index is 0.0150. The molecule has 0 bridgehead atoms.